The fraction of sp³-hybridized carbons (Fsp3) is 0.217. The molecule has 7 nitrogen and oxygen atoms in total. The highest BCUT2D eigenvalue weighted by Gasteiger charge is 2.27. The molecule has 1 aliphatic rings. The van der Waals surface area contributed by atoms with E-state index in [1.165, 1.54) is 22.3 Å². The zero-order chi connectivity index (χ0) is 22.3. The van der Waals surface area contributed by atoms with Crippen LogP contribution >= 0.6 is 11.3 Å². The van der Waals surface area contributed by atoms with Crippen LogP contribution in [0.1, 0.15) is 17.5 Å². The third kappa shape index (κ3) is 3.89. The molecule has 0 bridgehead atoms. The number of carbonyl (C=O) groups is 1. The van der Waals surface area contributed by atoms with Gasteiger partial charge in [0, 0.05) is 48.5 Å². The lowest BCUT2D eigenvalue weighted by molar-refractivity contribution is -0.118. The molecule has 1 aliphatic heterocycles. The number of thiazole rings is 1. The lowest BCUT2D eigenvalue weighted by Crippen LogP contribution is -2.29. The lowest BCUT2D eigenvalue weighted by Gasteiger charge is -2.18. The van der Waals surface area contributed by atoms with Gasteiger partial charge in [-0.3, -0.25) is 9.52 Å². The van der Waals surface area contributed by atoms with Gasteiger partial charge < -0.3 is 9.47 Å². The highest BCUT2D eigenvalue weighted by atomic mass is 32.2. The molecule has 2 aromatic heterocycles. The summed E-state index contributed by atoms with van der Waals surface area (Å²) in [4.78, 5) is 18.9. The number of carbonyl (C=O) groups excluding carboxylic acids is 1. The summed E-state index contributed by atoms with van der Waals surface area (Å²) in [6.45, 7) is 3.22. The van der Waals surface area contributed by atoms with E-state index in [4.69, 9.17) is 0 Å². The van der Waals surface area contributed by atoms with Crippen molar-refractivity contribution in [1.29, 1.82) is 0 Å². The minimum atomic E-state index is -3.72. The molecule has 0 aliphatic carbocycles. The first-order valence-corrected chi connectivity index (χ1v) is 12.7. The highest BCUT2D eigenvalue weighted by molar-refractivity contribution is 7.93. The Morgan fingerprint density at radius 1 is 1.19 bits per heavy atom. The van der Waals surface area contributed by atoms with E-state index in [1.807, 2.05) is 6.20 Å². The van der Waals surface area contributed by atoms with Gasteiger partial charge >= 0.3 is 0 Å². The number of nitrogens with zero attached hydrogens (tertiary/aromatic N) is 3. The van der Waals surface area contributed by atoms with Gasteiger partial charge in [0.2, 0.25) is 5.91 Å². The Balaban J connectivity index is 1.30. The van der Waals surface area contributed by atoms with Gasteiger partial charge in [-0.25, -0.2) is 13.4 Å². The zero-order valence-electron chi connectivity index (χ0n) is 17.5. The van der Waals surface area contributed by atoms with Crippen LogP contribution < -0.4 is 9.62 Å². The molecule has 1 amide bonds. The number of rotatable bonds is 6. The van der Waals surface area contributed by atoms with E-state index in [9.17, 15) is 13.2 Å². The number of anilines is 2. The number of nitrogens with one attached hydrogen (secondary N) is 1. The van der Waals surface area contributed by atoms with Gasteiger partial charge in [-0.2, -0.15) is 0 Å². The molecule has 32 heavy (non-hydrogen) atoms. The smallest absolute Gasteiger partial charge is 0.263 e. The van der Waals surface area contributed by atoms with Crippen molar-refractivity contribution in [2.24, 2.45) is 0 Å². The maximum Gasteiger partial charge on any atom is 0.263 e. The van der Waals surface area contributed by atoms with Crippen LogP contribution in [0.3, 0.4) is 0 Å². The summed E-state index contributed by atoms with van der Waals surface area (Å²) >= 11 is 1.22. The number of hydrogen-bond donors (Lipinski definition) is 1. The fourth-order valence-corrected chi connectivity index (χ4v) is 5.96. The first-order valence-electron chi connectivity index (χ1n) is 10.3. The predicted octanol–water partition coefficient (Wildman–Crippen LogP) is 4.19. The summed E-state index contributed by atoms with van der Waals surface area (Å²) in [5.74, 6) is 0.0363. The number of amides is 1. The second-order valence-electron chi connectivity index (χ2n) is 7.85. The van der Waals surface area contributed by atoms with Crippen LogP contribution in [-0.4, -0.2) is 30.4 Å². The fourth-order valence-electron chi connectivity index (χ4n) is 4.12. The van der Waals surface area contributed by atoms with Crippen LogP contribution in [0.2, 0.25) is 0 Å². The second kappa shape index (κ2) is 8.07. The monoisotopic (exact) mass is 466 g/mol. The number of aryl methyl sites for hydroxylation is 2. The van der Waals surface area contributed by atoms with Crippen molar-refractivity contribution in [3.63, 3.8) is 0 Å². The van der Waals surface area contributed by atoms with E-state index >= 15 is 0 Å². The average Bonchev–Trinajstić information content (AvgIpc) is 3.51. The molecule has 1 N–H and O–H groups in total. The SMILES string of the molecule is Cc1ccc2c(ccn2CCC(=O)N2CCc3cc(S(=O)(=O)Nc4nccs4)ccc32)c1. The normalized spacial score (nSPS) is 13.5. The maximum absolute atomic E-state index is 13.0. The molecule has 4 aromatic rings. The molecule has 9 heteroatoms. The van der Waals surface area contributed by atoms with Gasteiger partial charge in [0.1, 0.15) is 0 Å². The van der Waals surface area contributed by atoms with Gasteiger partial charge in [0.25, 0.3) is 10.0 Å². The number of benzene rings is 2. The summed E-state index contributed by atoms with van der Waals surface area (Å²) in [6.07, 6.45) is 4.57. The average molecular weight is 467 g/mol. The highest BCUT2D eigenvalue weighted by Crippen LogP contribution is 2.31. The second-order valence-corrected chi connectivity index (χ2v) is 10.4. The Bertz CT molecular complexity index is 1410. The summed E-state index contributed by atoms with van der Waals surface area (Å²) in [5.41, 5.74) is 3.98. The minimum absolute atomic E-state index is 0.0363. The molecule has 3 heterocycles. The summed E-state index contributed by atoms with van der Waals surface area (Å²) in [5, 5.41) is 3.21. The van der Waals surface area contributed by atoms with E-state index in [1.54, 1.807) is 34.7 Å². The summed E-state index contributed by atoms with van der Waals surface area (Å²) in [7, 11) is -3.72. The van der Waals surface area contributed by atoms with E-state index < -0.39 is 10.0 Å². The minimum Gasteiger partial charge on any atom is -0.347 e. The van der Waals surface area contributed by atoms with Gasteiger partial charge in [-0.15, -0.1) is 11.3 Å². The van der Waals surface area contributed by atoms with Gasteiger partial charge in [-0.05, 0) is 60.7 Å². The number of aromatic nitrogens is 2. The van der Waals surface area contributed by atoms with Crippen molar-refractivity contribution in [3.05, 3.63) is 71.4 Å². The number of fused-ring (bicyclic) bond motifs is 2. The molecule has 0 radical (unpaired) electrons. The molecule has 0 fully saturated rings. The van der Waals surface area contributed by atoms with Gasteiger partial charge in [0.05, 0.1) is 4.90 Å². The van der Waals surface area contributed by atoms with Crippen molar-refractivity contribution in [2.75, 3.05) is 16.2 Å². The standard InChI is InChI=1S/C23H22N4O3S2/c1-16-2-4-20-17(14-16)6-10-26(20)11-8-22(28)27-12-7-18-15-19(3-5-21(18)27)32(29,30)25-23-24-9-13-31-23/h2-6,9-10,13-15H,7-8,11-12H2,1H3,(H,24,25). The van der Waals surface area contributed by atoms with Gasteiger partial charge in [0.15, 0.2) is 5.13 Å². The molecule has 5 rings (SSSR count). The molecule has 2 aromatic carbocycles. The van der Waals surface area contributed by atoms with Crippen LogP contribution in [0.25, 0.3) is 10.9 Å². The molecule has 164 valence electrons. The quantitative estimate of drug-likeness (QED) is 0.462. The van der Waals surface area contributed by atoms with Crippen LogP contribution in [0.5, 0.6) is 0 Å². The Morgan fingerprint density at radius 3 is 2.88 bits per heavy atom. The molecule has 0 saturated heterocycles. The van der Waals surface area contributed by atoms with Crippen LogP contribution in [0, 0.1) is 6.92 Å². The van der Waals surface area contributed by atoms with Crippen LogP contribution in [0.4, 0.5) is 10.8 Å². The van der Waals surface area contributed by atoms with E-state index in [-0.39, 0.29) is 10.8 Å². The van der Waals surface area contributed by atoms with Crippen molar-refractivity contribution >= 4 is 49.0 Å². The van der Waals surface area contributed by atoms with E-state index in [0.29, 0.717) is 31.1 Å². The first kappa shape index (κ1) is 20.7. The Labute approximate surface area is 190 Å². The molecule has 0 atom stereocenters. The third-order valence-electron chi connectivity index (χ3n) is 5.70. The number of sulfonamides is 1. The topological polar surface area (TPSA) is 84.3 Å². The summed E-state index contributed by atoms with van der Waals surface area (Å²) in [6, 6.07) is 13.3. The Kier molecular flexibility index (Phi) is 5.22. The van der Waals surface area contributed by atoms with Crippen molar-refractivity contribution in [3.8, 4) is 0 Å². The van der Waals surface area contributed by atoms with Crippen LogP contribution in [-0.2, 0) is 27.8 Å². The molecular weight excluding hydrogens is 444 g/mol. The predicted molar refractivity (Wildman–Crippen MR) is 127 cm³/mol. The number of hydrogen-bond acceptors (Lipinski definition) is 5. The molecular formula is C23H22N4O3S2. The third-order valence-corrected chi connectivity index (χ3v) is 7.86. The molecule has 0 saturated carbocycles. The van der Waals surface area contributed by atoms with Crippen molar-refractivity contribution in [1.82, 2.24) is 9.55 Å². The maximum atomic E-state index is 13.0. The van der Waals surface area contributed by atoms with E-state index in [0.717, 1.165) is 16.8 Å². The first-order chi connectivity index (χ1) is 15.4. The van der Waals surface area contributed by atoms with Gasteiger partial charge in [-0.1, -0.05) is 11.6 Å². The summed E-state index contributed by atoms with van der Waals surface area (Å²) < 4.78 is 29.9. The molecule has 0 unspecified atom stereocenters. The Hall–Kier alpha value is -3.17. The van der Waals surface area contributed by atoms with E-state index in [2.05, 4.69) is 45.5 Å². The Morgan fingerprint density at radius 2 is 2.06 bits per heavy atom. The zero-order valence-corrected chi connectivity index (χ0v) is 19.1. The van der Waals surface area contributed by atoms with Crippen molar-refractivity contribution < 1.29 is 13.2 Å². The molecule has 0 spiro atoms. The lowest BCUT2D eigenvalue weighted by atomic mass is 10.2. The van der Waals surface area contributed by atoms with Crippen molar-refractivity contribution in [2.45, 2.75) is 31.2 Å². The largest absolute Gasteiger partial charge is 0.347 e. The van der Waals surface area contributed by atoms with Crippen LogP contribution in [0.15, 0.2) is 65.1 Å².